The van der Waals surface area contributed by atoms with Crippen LogP contribution in [0.25, 0.3) is 10.8 Å². The molecule has 0 radical (unpaired) electrons. The summed E-state index contributed by atoms with van der Waals surface area (Å²) in [5.41, 5.74) is 1.05. The van der Waals surface area contributed by atoms with Crippen molar-refractivity contribution in [3.05, 3.63) is 70.7 Å². The van der Waals surface area contributed by atoms with Crippen LogP contribution in [0, 0.1) is 0 Å². The second kappa shape index (κ2) is 8.08. The summed E-state index contributed by atoms with van der Waals surface area (Å²) in [5.74, 6) is -0.415. The van der Waals surface area contributed by atoms with E-state index in [4.69, 9.17) is 23.2 Å². The number of halogens is 2. The van der Waals surface area contributed by atoms with Gasteiger partial charge in [0.2, 0.25) is 5.91 Å². The lowest BCUT2D eigenvalue weighted by Gasteiger charge is -2.11. The number of anilines is 2. The van der Waals surface area contributed by atoms with E-state index in [2.05, 4.69) is 16.0 Å². The summed E-state index contributed by atoms with van der Waals surface area (Å²) in [6, 6.07) is 17.6. The Morgan fingerprint density at radius 2 is 1.62 bits per heavy atom. The summed E-state index contributed by atoms with van der Waals surface area (Å²) in [5, 5.41) is 10.6. The predicted octanol–water partition coefficient (Wildman–Crippen LogP) is 4.91. The Hall–Kier alpha value is -2.76. The molecule has 132 valence electrons. The van der Waals surface area contributed by atoms with Crippen LogP contribution in [0.15, 0.2) is 60.7 Å². The standard InChI is InChI=1S/C19H15Cl2N3O2/c20-13-8-9-15(21)17(10-13)23-18(25)11-22-19(26)24-16-7-3-5-12-4-1-2-6-14(12)16/h1-10H,11H2,(H,23,25)(H2,22,24,26). The van der Waals surface area contributed by atoms with Gasteiger partial charge in [-0.05, 0) is 29.7 Å². The Labute approximate surface area is 160 Å². The second-order valence-corrected chi connectivity index (χ2v) is 6.35. The fraction of sp³-hybridized carbons (Fsp3) is 0.0526. The number of hydrogen-bond acceptors (Lipinski definition) is 2. The van der Waals surface area contributed by atoms with E-state index in [1.54, 1.807) is 18.2 Å². The van der Waals surface area contributed by atoms with E-state index in [1.807, 2.05) is 36.4 Å². The molecule has 7 heteroatoms. The lowest BCUT2D eigenvalue weighted by Crippen LogP contribution is -2.35. The SMILES string of the molecule is O=C(CNC(=O)Nc1cccc2ccccc12)Nc1cc(Cl)ccc1Cl. The van der Waals surface area contributed by atoms with Gasteiger partial charge in [-0.25, -0.2) is 4.79 Å². The first-order valence-corrected chi connectivity index (χ1v) is 8.56. The van der Waals surface area contributed by atoms with Crippen molar-refractivity contribution in [2.24, 2.45) is 0 Å². The van der Waals surface area contributed by atoms with Gasteiger partial charge in [0.15, 0.2) is 0 Å². The quantitative estimate of drug-likeness (QED) is 0.595. The monoisotopic (exact) mass is 387 g/mol. The molecule has 0 bridgehead atoms. The third-order valence-electron chi connectivity index (χ3n) is 3.65. The maximum Gasteiger partial charge on any atom is 0.319 e. The smallest absolute Gasteiger partial charge is 0.319 e. The van der Waals surface area contributed by atoms with Gasteiger partial charge in [0, 0.05) is 10.4 Å². The number of urea groups is 1. The molecule has 0 atom stereocenters. The fourth-order valence-corrected chi connectivity index (χ4v) is 2.79. The Balaban J connectivity index is 1.58. The van der Waals surface area contributed by atoms with Crippen LogP contribution in [0.3, 0.4) is 0 Å². The molecule has 3 N–H and O–H groups in total. The van der Waals surface area contributed by atoms with Crippen LogP contribution in [0.4, 0.5) is 16.2 Å². The minimum atomic E-state index is -0.478. The van der Waals surface area contributed by atoms with E-state index in [1.165, 1.54) is 6.07 Å². The Kier molecular flexibility index (Phi) is 5.61. The zero-order chi connectivity index (χ0) is 18.5. The molecule has 26 heavy (non-hydrogen) atoms. The van der Waals surface area contributed by atoms with Gasteiger partial charge in [-0.3, -0.25) is 4.79 Å². The van der Waals surface area contributed by atoms with Gasteiger partial charge in [0.25, 0.3) is 0 Å². The highest BCUT2D eigenvalue weighted by Crippen LogP contribution is 2.25. The number of benzene rings is 3. The molecule has 0 unspecified atom stereocenters. The van der Waals surface area contributed by atoms with E-state index >= 15 is 0 Å². The molecule has 3 rings (SSSR count). The topological polar surface area (TPSA) is 70.2 Å². The van der Waals surface area contributed by atoms with Crippen LogP contribution < -0.4 is 16.0 Å². The van der Waals surface area contributed by atoms with Crippen molar-refractivity contribution in [3.8, 4) is 0 Å². The van der Waals surface area contributed by atoms with E-state index in [-0.39, 0.29) is 6.54 Å². The number of carbonyl (C=O) groups excluding carboxylic acids is 2. The molecule has 0 aliphatic carbocycles. The van der Waals surface area contributed by atoms with E-state index in [0.717, 1.165) is 10.8 Å². The van der Waals surface area contributed by atoms with Crippen molar-refractivity contribution in [3.63, 3.8) is 0 Å². The Morgan fingerprint density at radius 1 is 0.846 bits per heavy atom. The summed E-state index contributed by atoms with van der Waals surface area (Å²) in [6.45, 7) is -0.209. The van der Waals surface area contributed by atoms with Gasteiger partial charge in [-0.15, -0.1) is 0 Å². The molecule has 5 nitrogen and oxygen atoms in total. The van der Waals surface area contributed by atoms with Crippen LogP contribution in [-0.4, -0.2) is 18.5 Å². The lowest BCUT2D eigenvalue weighted by molar-refractivity contribution is -0.115. The van der Waals surface area contributed by atoms with Gasteiger partial charge in [-0.2, -0.15) is 0 Å². The maximum atomic E-state index is 12.1. The molecular weight excluding hydrogens is 373 g/mol. The van der Waals surface area contributed by atoms with E-state index < -0.39 is 11.9 Å². The minimum absolute atomic E-state index is 0.209. The minimum Gasteiger partial charge on any atom is -0.329 e. The summed E-state index contributed by atoms with van der Waals surface area (Å²) in [4.78, 5) is 24.1. The number of hydrogen-bond donors (Lipinski definition) is 3. The van der Waals surface area contributed by atoms with Gasteiger partial charge in [-0.1, -0.05) is 59.6 Å². The van der Waals surface area contributed by atoms with E-state index in [0.29, 0.717) is 21.4 Å². The molecule has 0 spiro atoms. The normalized spacial score (nSPS) is 10.4. The molecule has 3 aromatic rings. The molecule has 0 saturated heterocycles. The van der Waals surface area contributed by atoms with Crippen molar-refractivity contribution < 1.29 is 9.59 Å². The van der Waals surface area contributed by atoms with Gasteiger partial charge in [0.05, 0.1) is 22.9 Å². The lowest BCUT2D eigenvalue weighted by atomic mass is 10.1. The first-order chi connectivity index (χ1) is 12.5. The van der Waals surface area contributed by atoms with Crippen LogP contribution in [0.2, 0.25) is 10.0 Å². The number of fused-ring (bicyclic) bond motifs is 1. The molecule has 0 aliphatic heterocycles. The third kappa shape index (κ3) is 4.45. The summed E-state index contributed by atoms with van der Waals surface area (Å²) < 4.78 is 0. The molecule has 3 amide bonds. The summed E-state index contributed by atoms with van der Waals surface area (Å²) in [6.07, 6.45) is 0. The van der Waals surface area contributed by atoms with Crippen molar-refractivity contribution >= 4 is 57.3 Å². The highest BCUT2D eigenvalue weighted by molar-refractivity contribution is 6.35. The highest BCUT2D eigenvalue weighted by Gasteiger charge is 2.09. The molecule has 0 fully saturated rings. The van der Waals surface area contributed by atoms with Crippen LogP contribution in [-0.2, 0) is 4.79 Å². The van der Waals surface area contributed by atoms with Crippen molar-refractivity contribution in [1.82, 2.24) is 5.32 Å². The summed E-state index contributed by atoms with van der Waals surface area (Å²) in [7, 11) is 0. The third-order valence-corrected chi connectivity index (χ3v) is 4.21. The molecule has 0 heterocycles. The molecule has 3 aromatic carbocycles. The molecule has 0 saturated carbocycles. The number of carbonyl (C=O) groups is 2. The van der Waals surface area contributed by atoms with Gasteiger partial charge >= 0.3 is 6.03 Å². The summed E-state index contributed by atoms with van der Waals surface area (Å²) >= 11 is 11.9. The zero-order valence-corrected chi connectivity index (χ0v) is 15.1. The molecule has 0 aliphatic rings. The van der Waals surface area contributed by atoms with Crippen molar-refractivity contribution in [2.45, 2.75) is 0 Å². The average Bonchev–Trinajstić information content (AvgIpc) is 2.63. The van der Waals surface area contributed by atoms with Crippen LogP contribution in [0.5, 0.6) is 0 Å². The van der Waals surface area contributed by atoms with Crippen molar-refractivity contribution in [1.29, 1.82) is 0 Å². The Bertz CT molecular complexity index is 971. The molecule has 0 aromatic heterocycles. The number of amides is 3. The second-order valence-electron chi connectivity index (χ2n) is 5.51. The number of rotatable bonds is 4. The highest BCUT2D eigenvalue weighted by atomic mass is 35.5. The Morgan fingerprint density at radius 3 is 2.46 bits per heavy atom. The maximum absolute atomic E-state index is 12.1. The van der Waals surface area contributed by atoms with Crippen LogP contribution >= 0.6 is 23.2 Å². The number of nitrogens with one attached hydrogen (secondary N) is 3. The fourth-order valence-electron chi connectivity index (χ4n) is 2.45. The average molecular weight is 388 g/mol. The first kappa shape index (κ1) is 18.0. The predicted molar refractivity (Wildman–Crippen MR) is 106 cm³/mol. The van der Waals surface area contributed by atoms with Crippen molar-refractivity contribution in [2.75, 3.05) is 17.2 Å². The van der Waals surface area contributed by atoms with Gasteiger partial charge in [0.1, 0.15) is 0 Å². The largest absolute Gasteiger partial charge is 0.329 e. The van der Waals surface area contributed by atoms with E-state index in [9.17, 15) is 9.59 Å². The van der Waals surface area contributed by atoms with Crippen LogP contribution in [0.1, 0.15) is 0 Å². The zero-order valence-electron chi connectivity index (χ0n) is 13.6. The first-order valence-electron chi connectivity index (χ1n) is 7.80. The van der Waals surface area contributed by atoms with Gasteiger partial charge < -0.3 is 16.0 Å². The molecular formula is C19H15Cl2N3O2.